The summed E-state index contributed by atoms with van der Waals surface area (Å²) in [5.41, 5.74) is 7.20. The molecule has 0 heterocycles. The molecule has 2 N–H and O–H groups in total. The molecule has 0 amide bonds. The van der Waals surface area contributed by atoms with E-state index >= 15 is 0 Å². The van der Waals surface area contributed by atoms with E-state index < -0.39 is 0 Å². The second kappa shape index (κ2) is 5.91. The molecule has 0 aromatic heterocycles. The van der Waals surface area contributed by atoms with Crippen molar-refractivity contribution in [3.63, 3.8) is 0 Å². The van der Waals surface area contributed by atoms with Crippen LogP contribution in [0.4, 0.5) is 0 Å². The van der Waals surface area contributed by atoms with Crippen LogP contribution in [0.15, 0.2) is 24.3 Å². The molecule has 0 bridgehead atoms. The Balaban J connectivity index is 2.77. The molecule has 0 spiro atoms. The van der Waals surface area contributed by atoms with Gasteiger partial charge in [0.2, 0.25) is 0 Å². The molecule has 0 radical (unpaired) electrons. The van der Waals surface area contributed by atoms with E-state index in [1.165, 1.54) is 5.56 Å². The fraction of sp³-hybridized carbons (Fsp3) is 0.562. The first-order valence-corrected chi connectivity index (χ1v) is 7.03. The maximum absolute atomic E-state index is 5.47. The van der Waals surface area contributed by atoms with E-state index in [0.717, 1.165) is 12.2 Å². The summed E-state index contributed by atoms with van der Waals surface area (Å²) in [6.45, 7) is 11.7. The average molecular weight is 279 g/mol. The third-order valence-corrected chi connectivity index (χ3v) is 3.11. The van der Waals surface area contributed by atoms with Crippen molar-refractivity contribution >= 4 is 17.2 Å². The van der Waals surface area contributed by atoms with Gasteiger partial charge in [-0.05, 0) is 34.9 Å². The lowest BCUT2D eigenvalue weighted by atomic mass is 9.72. The summed E-state index contributed by atoms with van der Waals surface area (Å²) in [4.78, 5) is 0.372. The Morgan fingerprint density at radius 1 is 1.11 bits per heavy atom. The van der Waals surface area contributed by atoms with Gasteiger partial charge in [0.1, 0.15) is 17.3 Å². The minimum Gasteiger partial charge on any atom is -0.487 e. The molecule has 0 saturated carbocycles. The fourth-order valence-electron chi connectivity index (χ4n) is 2.58. The fourth-order valence-corrected chi connectivity index (χ4v) is 2.64. The Labute approximate surface area is 122 Å². The van der Waals surface area contributed by atoms with Gasteiger partial charge in [0.05, 0.1) is 0 Å². The molecule has 2 nitrogen and oxygen atoms in total. The molecule has 1 aromatic carbocycles. The molecule has 106 valence electrons. The molecular formula is C16H25NOS. The molecule has 0 atom stereocenters. The maximum atomic E-state index is 5.47. The zero-order chi connectivity index (χ0) is 14.7. The van der Waals surface area contributed by atoms with Crippen LogP contribution in [0.5, 0.6) is 5.75 Å². The van der Waals surface area contributed by atoms with E-state index in [0.29, 0.717) is 17.0 Å². The zero-order valence-electron chi connectivity index (χ0n) is 12.6. The molecule has 0 saturated heterocycles. The number of benzene rings is 1. The molecule has 3 heteroatoms. The smallest absolute Gasteiger partial charge is 0.138 e. The maximum Gasteiger partial charge on any atom is 0.138 e. The van der Waals surface area contributed by atoms with Crippen LogP contribution in [0.2, 0.25) is 0 Å². The van der Waals surface area contributed by atoms with Crippen molar-refractivity contribution < 1.29 is 4.74 Å². The van der Waals surface area contributed by atoms with Gasteiger partial charge in [-0.15, -0.1) is 0 Å². The molecule has 1 rings (SSSR count). The highest BCUT2D eigenvalue weighted by Crippen LogP contribution is 2.36. The van der Waals surface area contributed by atoms with Crippen LogP contribution in [0.1, 0.15) is 46.6 Å². The summed E-state index contributed by atoms with van der Waals surface area (Å²) < 4.78 is 5.47. The number of ether oxygens (including phenoxy) is 1. The van der Waals surface area contributed by atoms with Gasteiger partial charge in [-0.25, -0.2) is 0 Å². The quantitative estimate of drug-likeness (QED) is 0.825. The minimum atomic E-state index is 0.153. The van der Waals surface area contributed by atoms with Gasteiger partial charge in [0, 0.05) is 0 Å². The third-order valence-electron chi connectivity index (χ3n) is 2.99. The Kier molecular flexibility index (Phi) is 4.97. The molecule has 0 aliphatic carbocycles. The van der Waals surface area contributed by atoms with Gasteiger partial charge in [-0.2, -0.15) is 0 Å². The van der Waals surface area contributed by atoms with E-state index in [9.17, 15) is 0 Å². The Morgan fingerprint density at radius 3 is 2.05 bits per heavy atom. The van der Waals surface area contributed by atoms with Crippen LogP contribution in [-0.2, 0) is 5.41 Å². The van der Waals surface area contributed by atoms with Crippen LogP contribution in [0.25, 0.3) is 0 Å². The molecule has 1 aromatic rings. The van der Waals surface area contributed by atoms with Crippen LogP contribution >= 0.6 is 12.2 Å². The van der Waals surface area contributed by atoms with Crippen molar-refractivity contribution in [3.8, 4) is 5.75 Å². The highest BCUT2D eigenvalue weighted by atomic mass is 32.1. The van der Waals surface area contributed by atoms with Gasteiger partial charge in [0.15, 0.2) is 0 Å². The first-order chi connectivity index (χ1) is 8.60. The van der Waals surface area contributed by atoms with Crippen molar-refractivity contribution in [1.29, 1.82) is 0 Å². The van der Waals surface area contributed by atoms with Crippen LogP contribution in [0, 0.1) is 5.41 Å². The summed E-state index contributed by atoms with van der Waals surface area (Å²) >= 11 is 4.79. The third kappa shape index (κ3) is 5.60. The minimum absolute atomic E-state index is 0.153. The Hall–Kier alpha value is -1.09. The average Bonchev–Trinajstić information content (AvgIpc) is 2.23. The van der Waals surface area contributed by atoms with E-state index in [1.807, 2.05) is 12.1 Å². The topological polar surface area (TPSA) is 35.2 Å². The van der Waals surface area contributed by atoms with E-state index in [1.54, 1.807) is 0 Å². The summed E-state index contributed by atoms with van der Waals surface area (Å²) in [5, 5.41) is 0. The molecule has 19 heavy (non-hydrogen) atoms. The van der Waals surface area contributed by atoms with Crippen LogP contribution in [0.3, 0.4) is 0 Å². The van der Waals surface area contributed by atoms with E-state index in [2.05, 4.69) is 46.8 Å². The van der Waals surface area contributed by atoms with Crippen molar-refractivity contribution in [2.24, 2.45) is 11.1 Å². The first-order valence-electron chi connectivity index (χ1n) is 6.62. The van der Waals surface area contributed by atoms with Crippen molar-refractivity contribution in [3.05, 3.63) is 29.8 Å². The van der Waals surface area contributed by atoms with Crippen LogP contribution in [-0.4, -0.2) is 11.6 Å². The predicted molar refractivity (Wildman–Crippen MR) is 85.8 cm³/mol. The standard InChI is InChI=1S/C16H25NOS/c1-15(2,3)11-16(4,5)12-6-8-13(9-7-12)18-10-14(17)19/h6-9H,10-11H2,1-5H3,(H2,17,19). The number of hydrogen-bond acceptors (Lipinski definition) is 2. The zero-order valence-corrected chi connectivity index (χ0v) is 13.4. The summed E-state index contributed by atoms with van der Waals surface area (Å²) in [5.74, 6) is 0.808. The monoisotopic (exact) mass is 279 g/mol. The van der Waals surface area contributed by atoms with Crippen molar-refractivity contribution in [1.82, 2.24) is 0 Å². The second-order valence-corrected chi connectivity index (χ2v) is 7.43. The van der Waals surface area contributed by atoms with Gasteiger partial charge >= 0.3 is 0 Å². The normalized spacial score (nSPS) is 12.3. The molecule has 0 unspecified atom stereocenters. The number of rotatable bonds is 5. The highest BCUT2D eigenvalue weighted by Gasteiger charge is 2.27. The summed E-state index contributed by atoms with van der Waals surface area (Å²) in [6, 6.07) is 8.22. The van der Waals surface area contributed by atoms with Crippen LogP contribution < -0.4 is 10.5 Å². The van der Waals surface area contributed by atoms with Gasteiger partial charge in [-0.3, -0.25) is 0 Å². The second-order valence-electron chi connectivity index (χ2n) is 6.90. The van der Waals surface area contributed by atoms with Gasteiger partial charge in [0.25, 0.3) is 0 Å². The Morgan fingerprint density at radius 2 is 1.63 bits per heavy atom. The molecule has 0 aliphatic rings. The Bertz CT molecular complexity index is 429. The van der Waals surface area contributed by atoms with E-state index in [4.69, 9.17) is 22.7 Å². The molecular weight excluding hydrogens is 254 g/mol. The molecule has 0 fully saturated rings. The predicted octanol–water partition coefficient (Wildman–Crippen LogP) is 4.07. The van der Waals surface area contributed by atoms with Crippen molar-refractivity contribution in [2.75, 3.05) is 6.61 Å². The van der Waals surface area contributed by atoms with Crippen molar-refractivity contribution in [2.45, 2.75) is 46.5 Å². The lowest BCUT2D eigenvalue weighted by Crippen LogP contribution is -2.24. The number of hydrogen-bond donors (Lipinski definition) is 1. The summed E-state index contributed by atoms with van der Waals surface area (Å²) in [6.07, 6.45) is 1.13. The lowest BCUT2D eigenvalue weighted by Gasteiger charge is -2.33. The lowest BCUT2D eigenvalue weighted by molar-refractivity contribution is 0.284. The first kappa shape index (κ1) is 16.0. The largest absolute Gasteiger partial charge is 0.487 e. The SMILES string of the molecule is CC(C)(C)CC(C)(C)c1ccc(OCC(N)=S)cc1. The van der Waals surface area contributed by atoms with E-state index in [-0.39, 0.29) is 5.41 Å². The van der Waals surface area contributed by atoms with Gasteiger partial charge in [-0.1, -0.05) is 59.0 Å². The highest BCUT2D eigenvalue weighted by molar-refractivity contribution is 7.80. The van der Waals surface area contributed by atoms with Gasteiger partial charge < -0.3 is 10.5 Å². The molecule has 0 aliphatic heterocycles. The number of nitrogens with two attached hydrogens (primary N) is 1. The number of thiocarbonyl (C=S) groups is 1. The summed E-state index contributed by atoms with van der Waals surface area (Å²) in [7, 11) is 0.